The number of hydrogen-bond acceptors (Lipinski definition) is 7. The van der Waals surface area contributed by atoms with E-state index in [0.29, 0.717) is 11.3 Å². The van der Waals surface area contributed by atoms with Gasteiger partial charge in [0, 0.05) is 24.0 Å². The van der Waals surface area contributed by atoms with Gasteiger partial charge < -0.3 is 30.7 Å². The van der Waals surface area contributed by atoms with Gasteiger partial charge in [0.15, 0.2) is 0 Å². The standard InChI is InChI=1S/C18H23N3O5/c1-9-15(22)17(24)16(23)13(20-9)8-19-18(25)12-7-14(26-2)10-5-3-4-6-11(10)21-12/h3-7,9,13,15-17,20,22-24H,8H2,1-2H3,(H,19,25)/t9-,13+,15+,16+,17+/m0/s1. The van der Waals surface area contributed by atoms with E-state index in [0.717, 1.165) is 5.39 Å². The number of aliphatic hydroxyl groups excluding tert-OH is 3. The summed E-state index contributed by atoms with van der Waals surface area (Å²) in [6.07, 6.45) is -3.53. The third-order valence-corrected chi connectivity index (χ3v) is 4.71. The number of benzene rings is 1. The van der Waals surface area contributed by atoms with Gasteiger partial charge in [0.05, 0.1) is 30.9 Å². The van der Waals surface area contributed by atoms with Gasteiger partial charge in [-0.15, -0.1) is 0 Å². The minimum Gasteiger partial charge on any atom is -0.496 e. The first-order chi connectivity index (χ1) is 12.4. The molecular weight excluding hydrogens is 338 g/mol. The number of amides is 1. The van der Waals surface area contributed by atoms with Gasteiger partial charge in [0.1, 0.15) is 17.5 Å². The summed E-state index contributed by atoms with van der Waals surface area (Å²) >= 11 is 0. The third-order valence-electron chi connectivity index (χ3n) is 4.71. The van der Waals surface area contributed by atoms with Gasteiger partial charge in [-0.1, -0.05) is 12.1 Å². The van der Waals surface area contributed by atoms with Crippen LogP contribution in [0.5, 0.6) is 5.75 Å². The Balaban J connectivity index is 1.73. The van der Waals surface area contributed by atoms with Crippen LogP contribution in [0.25, 0.3) is 10.9 Å². The molecule has 1 amide bonds. The van der Waals surface area contributed by atoms with Gasteiger partial charge >= 0.3 is 0 Å². The summed E-state index contributed by atoms with van der Waals surface area (Å²) in [7, 11) is 1.53. The number of carbonyl (C=O) groups is 1. The second-order valence-electron chi connectivity index (χ2n) is 6.47. The SMILES string of the molecule is COc1cc(C(=O)NC[C@H]2N[C@@H](C)[C@@H](O)[C@@H](O)[C@@H]2O)nc2ccccc12. The van der Waals surface area contributed by atoms with Crippen LogP contribution in [0.3, 0.4) is 0 Å². The van der Waals surface area contributed by atoms with Crippen LogP contribution < -0.4 is 15.4 Å². The highest BCUT2D eigenvalue weighted by Crippen LogP contribution is 2.25. The van der Waals surface area contributed by atoms with Crippen molar-refractivity contribution >= 4 is 16.8 Å². The lowest BCUT2D eigenvalue weighted by atomic mass is 9.91. The van der Waals surface area contributed by atoms with Crippen molar-refractivity contribution in [2.45, 2.75) is 37.3 Å². The molecule has 5 atom stereocenters. The lowest BCUT2D eigenvalue weighted by Crippen LogP contribution is -2.66. The number of ether oxygens (including phenoxy) is 1. The molecule has 3 rings (SSSR count). The van der Waals surface area contributed by atoms with E-state index in [1.165, 1.54) is 7.11 Å². The molecule has 1 aromatic heterocycles. The number of nitrogens with zero attached hydrogens (tertiary/aromatic N) is 1. The van der Waals surface area contributed by atoms with Crippen molar-refractivity contribution in [1.29, 1.82) is 0 Å². The largest absolute Gasteiger partial charge is 0.496 e. The Labute approximate surface area is 150 Å². The molecule has 0 spiro atoms. The Morgan fingerprint density at radius 3 is 2.69 bits per heavy atom. The van der Waals surface area contributed by atoms with E-state index in [2.05, 4.69) is 15.6 Å². The summed E-state index contributed by atoms with van der Waals surface area (Å²) < 4.78 is 5.34. The van der Waals surface area contributed by atoms with Crippen LogP contribution in [0.15, 0.2) is 30.3 Å². The first-order valence-corrected chi connectivity index (χ1v) is 8.44. The molecule has 2 heterocycles. The van der Waals surface area contributed by atoms with E-state index < -0.39 is 36.3 Å². The van der Waals surface area contributed by atoms with Gasteiger partial charge in [-0.05, 0) is 19.1 Å². The van der Waals surface area contributed by atoms with E-state index >= 15 is 0 Å². The molecule has 8 nitrogen and oxygen atoms in total. The van der Waals surface area contributed by atoms with Crippen LogP contribution in [0.4, 0.5) is 0 Å². The van der Waals surface area contributed by atoms with Crippen molar-refractivity contribution in [2.24, 2.45) is 0 Å². The number of carbonyl (C=O) groups excluding carboxylic acids is 1. The molecule has 0 radical (unpaired) electrons. The van der Waals surface area contributed by atoms with E-state index in [1.807, 2.05) is 18.2 Å². The molecule has 1 aliphatic heterocycles. The summed E-state index contributed by atoms with van der Waals surface area (Å²) in [5, 5.41) is 36.2. The van der Waals surface area contributed by atoms with E-state index in [9.17, 15) is 20.1 Å². The molecular formula is C18H23N3O5. The van der Waals surface area contributed by atoms with E-state index in [4.69, 9.17) is 4.74 Å². The number of pyridine rings is 1. The Morgan fingerprint density at radius 1 is 1.23 bits per heavy atom. The Kier molecular flexibility index (Phi) is 5.38. The molecule has 1 saturated heterocycles. The van der Waals surface area contributed by atoms with Gasteiger partial charge in [-0.2, -0.15) is 0 Å². The van der Waals surface area contributed by atoms with Crippen molar-refractivity contribution in [1.82, 2.24) is 15.6 Å². The highest BCUT2D eigenvalue weighted by molar-refractivity contribution is 5.97. The van der Waals surface area contributed by atoms with Gasteiger partial charge in [-0.25, -0.2) is 4.98 Å². The fourth-order valence-electron chi connectivity index (χ4n) is 3.17. The van der Waals surface area contributed by atoms with E-state index in [-0.39, 0.29) is 12.2 Å². The quantitative estimate of drug-likeness (QED) is 0.493. The lowest BCUT2D eigenvalue weighted by molar-refractivity contribution is -0.109. The molecule has 26 heavy (non-hydrogen) atoms. The second kappa shape index (κ2) is 7.55. The summed E-state index contributed by atoms with van der Waals surface area (Å²) in [4.78, 5) is 16.8. The number of aliphatic hydroxyl groups is 3. The molecule has 1 fully saturated rings. The normalized spacial score (nSPS) is 28.7. The second-order valence-corrected chi connectivity index (χ2v) is 6.47. The monoisotopic (exact) mass is 361 g/mol. The van der Waals surface area contributed by atoms with Gasteiger partial charge in [0.25, 0.3) is 5.91 Å². The van der Waals surface area contributed by atoms with Crippen molar-refractivity contribution in [2.75, 3.05) is 13.7 Å². The maximum absolute atomic E-state index is 12.5. The summed E-state index contributed by atoms with van der Waals surface area (Å²) in [6.45, 7) is 1.77. The van der Waals surface area contributed by atoms with Crippen molar-refractivity contribution in [3.05, 3.63) is 36.0 Å². The zero-order valence-corrected chi connectivity index (χ0v) is 14.6. The smallest absolute Gasteiger partial charge is 0.270 e. The third kappa shape index (κ3) is 3.49. The number of para-hydroxylation sites is 1. The lowest BCUT2D eigenvalue weighted by Gasteiger charge is -2.40. The average Bonchev–Trinajstić information content (AvgIpc) is 2.66. The predicted molar refractivity (Wildman–Crippen MR) is 95.0 cm³/mol. The van der Waals surface area contributed by atoms with Crippen LogP contribution in [0.1, 0.15) is 17.4 Å². The van der Waals surface area contributed by atoms with Crippen LogP contribution in [0, 0.1) is 0 Å². The highest BCUT2D eigenvalue weighted by Gasteiger charge is 2.40. The zero-order chi connectivity index (χ0) is 18.8. The topological polar surface area (TPSA) is 124 Å². The van der Waals surface area contributed by atoms with Crippen molar-refractivity contribution < 1.29 is 24.9 Å². The maximum atomic E-state index is 12.5. The summed E-state index contributed by atoms with van der Waals surface area (Å²) in [6, 6.07) is 7.91. The molecule has 1 aliphatic rings. The molecule has 5 N–H and O–H groups in total. The molecule has 8 heteroatoms. The minimum atomic E-state index is -1.27. The molecule has 2 aromatic rings. The first-order valence-electron chi connectivity index (χ1n) is 8.44. The van der Waals surface area contributed by atoms with Crippen LogP contribution in [-0.4, -0.2) is 70.3 Å². The Morgan fingerprint density at radius 2 is 1.96 bits per heavy atom. The number of hydrogen-bond donors (Lipinski definition) is 5. The average molecular weight is 361 g/mol. The number of nitrogens with one attached hydrogen (secondary N) is 2. The number of fused-ring (bicyclic) bond motifs is 1. The predicted octanol–water partition coefficient (Wildman–Crippen LogP) is -0.584. The van der Waals surface area contributed by atoms with Gasteiger partial charge in [0.2, 0.25) is 0 Å². The van der Waals surface area contributed by atoms with Crippen LogP contribution in [-0.2, 0) is 0 Å². The minimum absolute atomic E-state index is 0.0743. The first kappa shape index (κ1) is 18.5. The molecule has 0 bridgehead atoms. The fourth-order valence-corrected chi connectivity index (χ4v) is 3.17. The fraction of sp³-hybridized carbons (Fsp3) is 0.444. The molecule has 0 aliphatic carbocycles. The van der Waals surface area contributed by atoms with Crippen LogP contribution in [0.2, 0.25) is 0 Å². The summed E-state index contributed by atoms with van der Waals surface area (Å²) in [5.41, 5.74) is 0.833. The number of piperidine rings is 1. The number of aromatic nitrogens is 1. The molecule has 140 valence electrons. The van der Waals surface area contributed by atoms with Crippen LogP contribution >= 0.6 is 0 Å². The Bertz CT molecular complexity index is 799. The molecule has 1 aromatic carbocycles. The van der Waals surface area contributed by atoms with Crippen molar-refractivity contribution in [3.8, 4) is 5.75 Å². The van der Waals surface area contributed by atoms with E-state index in [1.54, 1.807) is 19.1 Å². The number of methoxy groups -OCH3 is 1. The van der Waals surface area contributed by atoms with Gasteiger partial charge in [-0.3, -0.25) is 4.79 Å². The maximum Gasteiger partial charge on any atom is 0.270 e. The zero-order valence-electron chi connectivity index (χ0n) is 14.6. The Hall–Kier alpha value is -2.26. The van der Waals surface area contributed by atoms with Crippen molar-refractivity contribution in [3.63, 3.8) is 0 Å². The molecule has 0 unspecified atom stereocenters. The number of rotatable bonds is 4. The summed E-state index contributed by atoms with van der Waals surface area (Å²) in [5.74, 6) is 0.125. The molecule has 0 saturated carbocycles. The highest BCUT2D eigenvalue weighted by atomic mass is 16.5.